The fourth-order valence-electron chi connectivity index (χ4n) is 2.39. The van der Waals surface area contributed by atoms with Crippen LogP contribution in [0.1, 0.15) is 31.2 Å². The lowest BCUT2D eigenvalue weighted by Crippen LogP contribution is -2.39. The number of carbonyl (C=O) groups is 1. The molecule has 1 aromatic rings. The van der Waals surface area contributed by atoms with Gasteiger partial charge < -0.3 is 4.74 Å². The van der Waals surface area contributed by atoms with Crippen LogP contribution in [0.5, 0.6) is 0 Å². The van der Waals surface area contributed by atoms with E-state index in [1.54, 1.807) is 12.1 Å². The highest BCUT2D eigenvalue weighted by Gasteiger charge is 2.50. The smallest absolute Gasteiger partial charge is 0.343 e. The maximum absolute atomic E-state index is 14.7. The van der Waals surface area contributed by atoms with E-state index in [2.05, 4.69) is 9.72 Å². The van der Waals surface area contributed by atoms with Crippen molar-refractivity contribution in [2.75, 3.05) is 7.11 Å². The zero-order valence-electron chi connectivity index (χ0n) is 10.3. The Hall–Kier alpha value is -1.16. The van der Waals surface area contributed by atoms with Crippen molar-refractivity contribution >= 4 is 17.6 Å². The van der Waals surface area contributed by atoms with Gasteiger partial charge in [0.2, 0.25) is 5.67 Å². The van der Waals surface area contributed by atoms with Crippen LogP contribution in [0.4, 0.5) is 4.39 Å². The molecule has 5 heteroatoms. The lowest BCUT2D eigenvalue weighted by atomic mass is 9.81. The van der Waals surface area contributed by atoms with Gasteiger partial charge in [0.05, 0.1) is 7.11 Å². The van der Waals surface area contributed by atoms with E-state index in [0.29, 0.717) is 10.7 Å². The summed E-state index contributed by atoms with van der Waals surface area (Å²) in [5, 5.41) is 0.304. The first kappa shape index (κ1) is 13.3. The van der Waals surface area contributed by atoms with Crippen molar-refractivity contribution < 1.29 is 13.9 Å². The lowest BCUT2D eigenvalue weighted by molar-refractivity contribution is -0.155. The molecule has 0 bridgehead atoms. The highest BCUT2D eigenvalue weighted by molar-refractivity contribution is 6.29. The fourth-order valence-corrected chi connectivity index (χ4v) is 2.58. The monoisotopic (exact) mass is 271 g/mol. The van der Waals surface area contributed by atoms with Gasteiger partial charge in [-0.2, -0.15) is 0 Å². The first-order chi connectivity index (χ1) is 8.46. The standard InChI is InChI=1S/C13H15ClFNO2/c1-13(15,12(17)18-2)11(8-3-4-8)9-5-6-16-10(14)7-9/h5-8,11H,3-4H2,1-2H3. The third-order valence-corrected chi connectivity index (χ3v) is 3.58. The zero-order valence-corrected chi connectivity index (χ0v) is 11.1. The largest absolute Gasteiger partial charge is 0.467 e. The molecule has 0 aromatic carbocycles. The Kier molecular flexibility index (Phi) is 3.57. The number of nitrogens with zero attached hydrogens (tertiary/aromatic N) is 1. The van der Waals surface area contributed by atoms with Crippen molar-refractivity contribution in [2.45, 2.75) is 31.4 Å². The fraction of sp³-hybridized carbons (Fsp3) is 0.538. The second-order valence-corrected chi connectivity index (χ2v) is 5.18. The molecule has 2 atom stereocenters. The average Bonchev–Trinajstić information content (AvgIpc) is 3.12. The van der Waals surface area contributed by atoms with E-state index in [-0.39, 0.29) is 5.92 Å². The van der Waals surface area contributed by atoms with E-state index >= 15 is 0 Å². The first-order valence-electron chi connectivity index (χ1n) is 5.85. The van der Waals surface area contributed by atoms with Gasteiger partial charge in [0.25, 0.3) is 0 Å². The molecule has 3 nitrogen and oxygen atoms in total. The molecule has 2 rings (SSSR count). The summed E-state index contributed by atoms with van der Waals surface area (Å²) in [5.41, 5.74) is -1.34. The maximum atomic E-state index is 14.7. The highest BCUT2D eigenvalue weighted by atomic mass is 35.5. The molecule has 0 amide bonds. The summed E-state index contributed by atoms with van der Waals surface area (Å²) >= 11 is 5.83. The number of alkyl halides is 1. The minimum absolute atomic E-state index is 0.164. The summed E-state index contributed by atoms with van der Waals surface area (Å²) in [4.78, 5) is 15.5. The van der Waals surface area contributed by atoms with Crippen LogP contribution in [0.2, 0.25) is 5.15 Å². The maximum Gasteiger partial charge on any atom is 0.343 e. The van der Waals surface area contributed by atoms with Crippen LogP contribution in [-0.4, -0.2) is 23.7 Å². The van der Waals surface area contributed by atoms with Crippen LogP contribution < -0.4 is 0 Å². The predicted molar refractivity (Wildman–Crippen MR) is 66.2 cm³/mol. The van der Waals surface area contributed by atoms with Gasteiger partial charge in [0.1, 0.15) is 5.15 Å². The molecule has 1 fully saturated rings. The van der Waals surface area contributed by atoms with E-state index in [0.717, 1.165) is 12.8 Å². The molecule has 1 saturated carbocycles. The molecule has 2 unspecified atom stereocenters. The van der Waals surface area contributed by atoms with Crippen LogP contribution in [-0.2, 0) is 9.53 Å². The second-order valence-electron chi connectivity index (χ2n) is 4.79. The summed E-state index contributed by atoms with van der Waals surface area (Å²) in [7, 11) is 1.20. The number of hydrogen-bond acceptors (Lipinski definition) is 3. The normalized spacial score (nSPS) is 20.0. The summed E-state index contributed by atoms with van der Waals surface area (Å²) in [5.74, 6) is -1.20. The number of halogens is 2. The van der Waals surface area contributed by atoms with Crippen LogP contribution >= 0.6 is 11.6 Å². The van der Waals surface area contributed by atoms with Gasteiger partial charge in [0, 0.05) is 12.1 Å². The minimum Gasteiger partial charge on any atom is -0.467 e. The lowest BCUT2D eigenvalue weighted by Gasteiger charge is -2.28. The molecular formula is C13H15ClFNO2. The van der Waals surface area contributed by atoms with E-state index in [1.807, 2.05) is 0 Å². The number of aromatic nitrogens is 1. The van der Waals surface area contributed by atoms with Gasteiger partial charge in [0.15, 0.2) is 0 Å². The third kappa shape index (κ3) is 2.48. The Morgan fingerprint density at radius 3 is 2.83 bits per heavy atom. The van der Waals surface area contributed by atoms with Gasteiger partial charge in [-0.15, -0.1) is 0 Å². The summed E-state index contributed by atoms with van der Waals surface area (Å²) in [6.45, 7) is 1.27. The van der Waals surface area contributed by atoms with Crippen molar-refractivity contribution in [2.24, 2.45) is 5.92 Å². The molecule has 1 heterocycles. The van der Waals surface area contributed by atoms with E-state index < -0.39 is 17.6 Å². The first-order valence-corrected chi connectivity index (χ1v) is 6.23. The Bertz CT molecular complexity index is 460. The number of pyridine rings is 1. The molecule has 0 saturated heterocycles. The number of rotatable bonds is 4. The van der Waals surface area contributed by atoms with E-state index in [4.69, 9.17) is 11.6 Å². The quantitative estimate of drug-likeness (QED) is 0.624. The number of methoxy groups -OCH3 is 1. The zero-order chi connectivity index (χ0) is 13.3. The molecule has 0 radical (unpaired) electrons. The highest BCUT2D eigenvalue weighted by Crippen LogP contribution is 2.50. The molecule has 1 aliphatic rings. The average molecular weight is 272 g/mol. The molecular weight excluding hydrogens is 257 g/mol. The van der Waals surface area contributed by atoms with Crippen molar-refractivity contribution in [1.29, 1.82) is 0 Å². The van der Waals surface area contributed by atoms with Crippen LogP contribution in [0.25, 0.3) is 0 Å². The Morgan fingerprint density at radius 2 is 2.33 bits per heavy atom. The molecule has 18 heavy (non-hydrogen) atoms. The second kappa shape index (κ2) is 4.84. The number of ether oxygens (including phenoxy) is 1. The Balaban J connectivity index is 2.37. The van der Waals surface area contributed by atoms with Crippen molar-refractivity contribution in [3.63, 3.8) is 0 Å². The molecule has 0 aliphatic heterocycles. The SMILES string of the molecule is COC(=O)C(C)(F)C(c1ccnc(Cl)c1)C1CC1. The molecule has 98 valence electrons. The number of esters is 1. The molecule has 0 spiro atoms. The summed E-state index contributed by atoms with van der Waals surface area (Å²) in [6, 6.07) is 3.32. The topological polar surface area (TPSA) is 39.2 Å². The van der Waals surface area contributed by atoms with Gasteiger partial charge >= 0.3 is 5.97 Å². The van der Waals surface area contributed by atoms with Gasteiger partial charge in [-0.3, -0.25) is 0 Å². The molecule has 1 aliphatic carbocycles. The Labute approximate surface area is 110 Å². The molecule has 0 N–H and O–H groups in total. The third-order valence-electron chi connectivity index (χ3n) is 3.37. The summed E-state index contributed by atoms with van der Waals surface area (Å²) in [6.07, 6.45) is 3.36. The van der Waals surface area contributed by atoms with E-state index in [1.165, 1.54) is 20.2 Å². The number of hydrogen-bond donors (Lipinski definition) is 0. The van der Waals surface area contributed by atoms with Crippen molar-refractivity contribution in [3.05, 3.63) is 29.0 Å². The van der Waals surface area contributed by atoms with Gasteiger partial charge in [-0.1, -0.05) is 11.6 Å². The van der Waals surface area contributed by atoms with Crippen LogP contribution in [0.15, 0.2) is 18.3 Å². The van der Waals surface area contributed by atoms with Crippen molar-refractivity contribution in [1.82, 2.24) is 4.98 Å². The number of carbonyl (C=O) groups excluding carboxylic acids is 1. The van der Waals surface area contributed by atoms with Crippen molar-refractivity contribution in [3.8, 4) is 0 Å². The Morgan fingerprint density at radius 1 is 1.67 bits per heavy atom. The molecule has 1 aromatic heterocycles. The minimum atomic E-state index is -2.04. The van der Waals surface area contributed by atoms with E-state index in [9.17, 15) is 9.18 Å². The van der Waals surface area contributed by atoms with Gasteiger partial charge in [-0.05, 0) is 43.4 Å². The van der Waals surface area contributed by atoms with Gasteiger partial charge in [-0.25, -0.2) is 14.2 Å². The van der Waals surface area contributed by atoms with Crippen LogP contribution in [0, 0.1) is 5.92 Å². The predicted octanol–water partition coefficient (Wildman–Crippen LogP) is 3.13. The summed E-state index contributed by atoms with van der Waals surface area (Å²) < 4.78 is 19.3. The van der Waals surface area contributed by atoms with Crippen LogP contribution in [0.3, 0.4) is 0 Å².